The summed E-state index contributed by atoms with van der Waals surface area (Å²) in [5.74, 6) is 2.35. The van der Waals surface area contributed by atoms with Crippen LogP contribution in [0.3, 0.4) is 0 Å². The highest BCUT2D eigenvalue weighted by Crippen LogP contribution is 2.39. The molecule has 47 heavy (non-hydrogen) atoms. The van der Waals surface area contributed by atoms with Crippen molar-refractivity contribution in [3.8, 4) is 56.7 Å². The minimum atomic E-state index is 0.567. The van der Waals surface area contributed by atoms with Crippen LogP contribution in [-0.4, -0.2) is 19.9 Å². The summed E-state index contributed by atoms with van der Waals surface area (Å²) in [6.45, 7) is 0. The van der Waals surface area contributed by atoms with E-state index in [-0.39, 0.29) is 0 Å². The first kappa shape index (κ1) is 26.9. The lowest BCUT2D eigenvalue weighted by Gasteiger charge is -2.14. The molecule has 5 heteroatoms. The van der Waals surface area contributed by atoms with Crippen LogP contribution in [0.2, 0.25) is 0 Å². The van der Waals surface area contributed by atoms with Crippen molar-refractivity contribution in [2.45, 2.75) is 0 Å². The Labute approximate surface area is 270 Å². The minimum Gasteiger partial charge on any atom is -0.435 e. The molecule has 0 bridgehead atoms. The van der Waals surface area contributed by atoms with E-state index in [1.165, 1.54) is 10.8 Å². The van der Waals surface area contributed by atoms with Crippen LogP contribution in [0.1, 0.15) is 0 Å². The van der Waals surface area contributed by atoms with Gasteiger partial charge in [-0.1, -0.05) is 140 Å². The van der Waals surface area contributed by atoms with E-state index in [2.05, 4.69) is 78.9 Å². The zero-order valence-corrected chi connectivity index (χ0v) is 25.2. The molecule has 9 rings (SSSR count). The van der Waals surface area contributed by atoms with Crippen LogP contribution in [0.15, 0.2) is 162 Å². The van der Waals surface area contributed by atoms with Crippen molar-refractivity contribution in [2.75, 3.05) is 0 Å². The van der Waals surface area contributed by atoms with Gasteiger partial charge in [0.15, 0.2) is 23.1 Å². The summed E-state index contributed by atoms with van der Waals surface area (Å²) in [6, 6.07) is 53.5. The maximum atomic E-state index is 6.49. The third kappa shape index (κ3) is 4.73. The Balaban J connectivity index is 1.30. The number of rotatable bonds is 5. The fraction of sp³-hybridized carbons (Fsp3) is 0. The topological polar surface area (TPSA) is 64.7 Å². The Hall–Kier alpha value is -6.46. The average molecular weight is 603 g/mol. The molecule has 0 spiro atoms. The molecular weight excluding hydrogens is 576 g/mol. The van der Waals surface area contributed by atoms with E-state index in [0.717, 1.165) is 49.7 Å². The number of hydrogen-bond acceptors (Lipinski definition) is 5. The van der Waals surface area contributed by atoms with Crippen molar-refractivity contribution in [1.29, 1.82) is 0 Å². The molecule has 0 aliphatic heterocycles. The zero-order valence-electron chi connectivity index (χ0n) is 25.2. The first-order valence-corrected chi connectivity index (χ1v) is 15.6. The number of hydrogen-bond donors (Lipinski definition) is 0. The molecule has 220 valence electrons. The van der Waals surface area contributed by atoms with Crippen LogP contribution < -0.4 is 0 Å². The van der Waals surface area contributed by atoms with Crippen LogP contribution in [-0.2, 0) is 0 Å². The molecule has 7 aromatic carbocycles. The predicted molar refractivity (Wildman–Crippen MR) is 190 cm³/mol. The van der Waals surface area contributed by atoms with Gasteiger partial charge in [0.05, 0.1) is 0 Å². The SMILES string of the molecule is c1ccc(-c2nc(-c3ccccc3-c3cccc4ccccc34)nc(-c3cccc4ccc5nc(-c6ccccc6)oc5c34)n2)cc1. The highest BCUT2D eigenvalue weighted by Gasteiger charge is 2.20. The highest BCUT2D eigenvalue weighted by molar-refractivity contribution is 6.11. The van der Waals surface area contributed by atoms with Crippen LogP contribution in [0.25, 0.3) is 89.4 Å². The molecule has 0 fully saturated rings. The Bertz CT molecular complexity index is 2570. The summed E-state index contributed by atoms with van der Waals surface area (Å²) in [5, 5.41) is 4.29. The lowest BCUT2D eigenvalue weighted by molar-refractivity contribution is 0.623. The first-order chi connectivity index (χ1) is 23.3. The van der Waals surface area contributed by atoms with E-state index < -0.39 is 0 Å². The van der Waals surface area contributed by atoms with Crippen molar-refractivity contribution >= 4 is 32.6 Å². The molecular formula is C42H26N4O. The van der Waals surface area contributed by atoms with Gasteiger partial charge in [0.2, 0.25) is 5.89 Å². The van der Waals surface area contributed by atoms with Crippen molar-refractivity contribution < 1.29 is 4.42 Å². The summed E-state index contributed by atoms with van der Waals surface area (Å²) in [5.41, 5.74) is 7.30. The number of fused-ring (bicyclic) bond motifs is 4. The van der Waals surface area contributed by atoms with Crippen molar-refractivity contribution in [3.63, 3.8) is 0 Å². The molecule has 2 heterocycles. The molecule has 2 aromatic heterocycles. The zero-order chi connectivity index (χ0) is 31.2. The number of benzene rings is 7. The monoisotopic (exact) mass is 602 g/mol. The highest BCUT2D eigenvalue weighted by atomic mass is 16.3. The van der Waals surface area contributed by atoms with Crippen LogP contribution in [0.5, 0.6) is 0 Å². The number of aromatic nitrogens is 4. The van der Waals surface area contributed by atoms with Gasteiger partial charge in [-0.05, 0) is 45.5 Å². The Kier molecular flexibility index (Phi) is 6.39. The fourth-order valence-corrected chi connectivity index (χ4v) is 6.35. The predicted octanol–water partition coefficient (Wildman–Crippen LogP) is 10.7. The summed E-state index contributed by atoms with van der Waals surface area (Å²) in [7, 11) is 0. The molecule has 0 atom stereocenters. The molecule has 5 nitrogen and oxygen atoms in total. The van der Waals surface area contributed by atoms with Gasteiger partial charge in [-0.25, -0.2) is 19.9 Å². The minimum absolute atomic E-state index is 0.567. The molecule has 0 saturated carbocycles. The first-order valence-electron chi connectivity index (χ1n) is 15.6. The van der Waals surface area contributed by atoms with Gasteiger partial charge in [0.1, 0.15) is 5.52 Å². The normalized spacial score (nSPS) is 11.4. The van der Waals surface area contributed by atoms with Crippen LogP contribution in [0.4, 0.5) is 0 Å². The quantitative estimate of drug-likeness (QED) is 0.196. The molecule has 0 radical (unpaired) electrons. The maximum absolute atomic E-state index is 6.49. The van der Waals surface area contributed by atoms with Gasteiger partial charge in [0, 0.05) is 27.6 Å². The van der Waals surface area contributed by atoms with E-state index in [1.807, 2.05) is 78.9 Å². The average Bonchev–Trinajstić information content (AvgIpc) is 3.60. The van der Waals surface area contributed by atoms with Gasteiger partial charge in [-0.2, -0.15) is 0 Å². The Morgan fingerprint density at radius 2 is 0.936 bits per heavy atom. The maximum Gasteiger partial charge on any atom is 0.227 e. The van der Waals surface area contributed by atoms with E-state index in [9.17, 15) is 0 Å². The standard InChI is InChI=1S/C42H26N4O/c1-3-14-29(15-4-1)39-44-40(34-22-10-9-21-33(34)32-23-11-18-27-13-7-8-20-31(27)32)46-41(45-39)35-24-12-19-28-25-26-36-38(37(28)35)47-42(43-36)30-16-5-2-6-17-30/h1-26H. The lowest BCUT2D eigenvalue weighted by atomic mass is 9.94. The second-order valence-corrected chi connectivity index (χ2v) is 11.4. The van der Waals surface area contributed by atoms with Crippen molar-refractivity contribution in [1.82, 2.24) is 19.9 Å². The fourth-order valence-electron chi connectivity index (χ4n) is 6.35. The molecule has 0 saturated heterocycles. The second kappa shape index (κ2) is 11.2. The Morgan fingerprint density at radius 3 is 1.74 bits per heavy atom. The largest absolute Gasteiger partial charge is 0.435 e. The molecule has 0 aliphatic rings. The van der Waals surface area contributed by atoms with Gasteiger partial charge in [0.25, 0.3) is 0 Å². The summed E-state index contributed by atoms with van der Waals surface area (Å²) >= 11 is 0. The Morgan fingerprint density at radius 1 is 0.362 bits per heavy atom. The number of nitrogens with zero attached hydrogens (tertiary/aromatic N) is 4. The molecule has 0 amide bonds. The summed E-state index contributed by atoms with van der Waals surface area (Å²) < 4.78 is 6.49. The van der Waals surface area contributed by atoms with Crippen molar-refractivity contribution in [2.24, 2.45) is 0 Å². The van der Waals surface area contributed by atoms with Crippen LogP contribution in [0, 0.1) is 0 Å². The van der Waals surface area contributed by atoms with E-state index in [1.54, 1.807) is 0 Å². The van der Waals surface area contributed by atoms with Crippen molar-refractivity contribution in [3.05, 3.63) is 158 Å². The van der Waals surface area contributed by atoms with Gasteiger partial charge >= 0.3 is 0 Å². The third-order valence-electron chi connectivity index (χ3n) is 8.57. The molecule has 0 unspecified atom stereocenters. The van der Waals surface area contributed by atoms with Gasteiger partial charge in [-0.3, -0.25) is 0 Å². The smallest absolute Gasteiger partial charge is 0.227 e. The third-order valence-corrected chi connectivity index (χ3v) is 8.57. The van der Waals surface area contributed by atoms with E-state index in [0.29, 0.717) is 28.9 Å². The van der Waals surface area contributed by atoms with Gasteiger partial charge < -0.3 is 4.42 Å². The number of oxazole rings is 1. The second-order valence-electron chi connectivity index (χ2n) is 11.4. The van der Waals surface area contributed by atoms with Gasteiger partial charge in [-0.15, -0.1) is 0 Å². The summed E-state index contributed by atoms with van der Waals surface area (Å²) in [6.07, 6.45) is 0. The van der Waals surface area contributed by atoms with Crippen LogP contribution >= 0.6 is 0 Å². The van der Waals surface area contributed by atoms with E-state index in [4.69, 9.17) is 24.4 Å². The summed E-state index contributed by atoms with van der Waals surface area (Å²) in [4.78, 5) is 20.2. The van der Waals surface area contributed by atoms with E-state index >= 15 is 0 Å². The molecule has 0 N–H and O–H groups in total. The molecule has 0 aliphatic carbocycles. The lowest BCUT2D eigenvalue weighted by Crippen LogP contribution is -2.01. The molecule has 9 aromatic rings.